The van der Waals surface area contributed by atoms with Crippen molar-refractivity contribution in [3.05, 3.63) is 53.4 Å². The molecule has 0 spiro atoms. The van der Waals surface area contributed by atoms with Gasteiger partial charge in [-0.05, 0) is 36.2 Å². The van der Waals surface area contributed by atoms with E-state index in [4.69, 9.17) is 9.47 Å². The number of sulfonamides is 1. The van der Waals surface area contributed by atoms with Gasteiger partial charge in [-0.15, -0.1) is 11.3 Å². The minimum atomic E-state index is -3.32. The van der Waals surface area contributed by atoms with Crippen molar-refractivity contribution in [2.45, 2.75) is 12.8 Å². The number of amides is 1. The average Bonchev–Trinajstić information content (AvgIpc) is 3.24. The SMILES string of the molecule is COc1ccc(CCC(=O)Nc2nc(-c3ccc(N(C)S(C)(=O)=O)cc3)cs2)cc1OC. The molecule has 170 valence electrons. The van der Waals surface area contributed by atoms with Crippen LogP contribution in [0.3, 0.4) is 0 Å². The molecule has 0 fully saturated rings. The van der Waals surface area contributed by atoms with E-state index in [1.165, 1.54) is 22.7 Å². The monoisotopic (exact) mass is 475 g/mol. The highest BCUT2D eigenvalue weighted by Crippen LogP contribution is 2.29. The van der Waals surface area contributed by atoms with E-state index in [9.17, 15) is 13.2 Å². The normalized spacial score (nSPS) is 11.1. The number of thiazole rings is 1. The molecule has 0 aliphatic carbocycles. The molecule has 0 aliphatic heterocycles. The predicted octanol–water partition coefficient (Wildman–Crippen LogP) is 3.79. The van der Waals surface area contributed by atoms with Crippen LogP contribution in [0.25, 0.3) is 11.3 Å². The third-order valence-corrected chi connectivity index (χ3v) is 6.83. The van der Waals surface area contributed by atoms with Crippen LogP contribution >= 0.6 is 11.3 Å². The number of hydrogen-bond acceptors (Lipinski definition) is 7. The zero-order chi connectivity index (χ0) is 23.3. The minimum absolute atomic E-state index is 0.134. The van der Waals surface area contributed by atoms with Crippen LogP contribution in [0.2, 0.25) is 0 Å². The maximum atomic E-state index is 12.4. The second-order valence-corrected chi connectivity index (χ2v) is 9.92. The first-order valence-corrected chi connectivity index (χ1v) is 12.4. The summed E-state index contributed by atoms with van der Waals surface area (Å²) in [6.07, 6.45) is 2.01. The molecule has 0 saturated heterocycles. The van der Waals surface area contributed by atoms with Crippen molar-refractivity contribution in [2.75, 3.05) is 37.1 Å². The lowest BCUT2D eigenvalue weighted by Crippen LogP contribution is -2.24. The molecule has 0 atom stereocenters. The fourth-order valence-corrected chi connectivity index (χ4v) is 4.21. The molecule has 1 amide bonds. The Morgan fingerprint density at radius 1 is 1.09 bits per heavy atom. The maximum absolute atomic E-state index is 12.4. The van der Waals surface area contributed by atoms with Crippen molar-refractivity contribution in [3.63, 3.8) is 0 Å². The number of nitrogens with zero attached hydrogens (tertiary/aromatic N) is 2. The molecule has 10 heteroatoms. The van der Waals surface area contributed by atoms with Crippen LogP contribution in [-0.4, -0.2) is 46.8 Å². The summed E-state index contributed by atoms with van der Waals surface area (Å²) in [6, 6.07) is 12.6. The number of carbonyl (C=O) groups excluding carboxylic acids is 1. The fraction of sp³-hybridized carbons (Fsp3) is 0.273. The van der Waals surface area contributed by atoms with E-state index in [1.807, 2.05) is 23.6 Å². The molecule has 2 aromatic carbocycles. The predicted molar refractivity (Wildman–Crippen MR) is 127 cm³/mol. The molecule has 0 bridgehead atoms. The lowest BCUT2D eigenvalue weighted by molar-refractivity contribution is -0.116. The molecule has 8 nitrogen and oxygen atoms in total. The first kappa shape index (κ1) is 23.6. The van der Waals surface area contributed by atoms with Crippen molar-refractivity contribution >= 4 is 38.1 Å². The number of ether oxygens (including phenoxy) is 2. The van der Waals surface area contributed by atoms with Crippen LogP contribution in [0, 0.1) is 0 Å². The largest absolute Gasteiger partial charge is 0.493 e. The lowest BCUT2D eigenvalue weighted by Gasteiger charge is -2.16. The molecule has 0 unspecified atom stereocenters. The van der Waals surface area contributed by atoms with Crippen LogP contribution in [0.1, 0.15) is 12.0 Å². The van der Waals surface area contributed by atoms with Gasteiger partial charge >= 0.3 is 0 Å². The number of hydrogen-bond donors (Lipinski definition) is 1. The highest BCUT2D eigenvalue weighted by molar-refractivity contribution is 7.92. The Kier molecular flexibility index (Phi) is 7.37. The van der Waals surface area contributed by atoms with Gasteiger partial charge in [0, 0.05) is 24.4 Å². The van der Waals surface area contributed by atoms with E-state index >= 15 is 0 Å². The molecular weight excluding hydrogens is 450 g/mol. The summed E-state index contributed by atoms with van der Waals surface area (Å²) in [5.41, 5.74) is 3.07. The van der Waals surface area contributed by atoms with Gasteiger partial charge in [0.1, 0.15) is 0 Å². The summed E-state index contributed by atoms with van der Waals surface area (Å²) in [4.78, 5) is 16.8. The number of carbonyl (C=O) groups is 1. The summed E-state index contributed by atoms with van der Waals surface area (Å²) in [7, 11) is 1.34. The summed E-state index contributed by atoms with van der Waals surface area (Å²) in [6.45, 7) is 0. The molecule has 3 aromatic rings. The first-order valence-electron chi connectivity index (χ1n) is 9.72. The topological polar surface area (TPSA) is 97.8 Å². The second kappa shape index (κ2) is 10.0. The number of anilines is 2. The highest BCUT2D eigenvalue weighted by Gasteiger charge is 2.13. The van der Waals surface area contributed by atoms with E-state index in [0.29, 0.717) is 40.9 Å². The summed E-state index contributed by atoms with van der Waals surface area (Å²) in [5.74, 6) is 1.14. The number of nitrogens with one attached hydrogen (secondary N) is 1. The maximum Gasteiger partial charge on any atom is 0.231 e. The standard InChI is InChI=1S/C22H25N3O5S2/c1-25(32(4,27)28)17-9-7-16(8-10-17)18-14-31-22(23-18)24-21(26)12-6-15-5-11-19(29-2)20(13-15)30-3/h5,7-11,13-14H,6,12H2,1-4H3,(H,23,24,26). The van der Waals surface area contributed by atoms with Crippen LogP contribution < -0.4 is 19.1 Å². The Morgan fingerprint density at radius 2 is 1.78 bits per heavy atom. The Balaban J connectivity index is 1.59. The summed E-state index contributed by atoms with van der Waals surface area (Å²) >= 11 is 1.33. The van der Waals surface area contributed by atoms with Crippen molar-refractivity contribution in [1.82, 2.24) is 4.98 Å². The zero-order valence-corrected chi connectivity index (χ0v) is 19.9. The van der Waals surface area contributed by atoms with Gasteiger partial charge in [-0.2, -0.15) is 0 Å². The third kappa shape index (κ3) is 5.77. The molecule has 0 saturated carbocycles. The zero-order valence-electron chi connectivity index (χ0n) is 18.3. The van der Waals surface area contributed by atoms with Crippen LogP contribution in [0.5, 0.6) is 11.5 Å². The van der Waals surface area contributed by atoms with Crippen molar-refractivity contribution in [2.24, 2.45) is 0 Å². The van der Waals surface area contributed by atoms with Gasteiger partial charge in [0.05, 0.1) is 31.9 Å². The molecule has 1 N–H and O–H groups in total. The summed E-state index contributed by atoms with van der Waals surface area (Å²) in [5, 5.41) is 5.18. The molecule has 32 heavy (non-hydrogen) atoms. The van der Waals surface area contributed by atoms with Crippen molar-refractivity contribution in [1.29, 1.82) is 0 Å². The molecule has 0 aliphatic rings. The van der Waals surface area contributed by atoms with Crippen molar-refractivity contribution < 1.29 is 22.7 Å². The van der Waals surface area contributed by atoms with E-state index < -0.39 is 10.0 Å². The van der Waals surface area contributed by atoms with E-state index in [2.05, 4.69) is 10.3 Å². The quantitative estimate of drug-likeness (QED) is 0.506. The number of aryl methyl sites for hydroxylation is 1. The Bertz CT molecular complexity index is 1190. The van der Waals surface area contributed by atoms with Gasteiger partial charge in [-0.25, -0.2) is 13.4 Å². The number of methoxy groups -OCH3 is 2. The van der Waals surface area contributed by atoms with Gasteiger partial charge in [-0.1, -0.05) is 18.2 Å². The van der Waals surface area contributed by atoms with Crippen LogP contribution in [0.4, 0.5) is 10.8 Å². The molecule has 0 radical (unpaired) electrons. The number of aromatic nitrogens is 1. The Morgan fingerprint density at radius 3 is 2.41 bits per heavy atom. The minimum Gasteiger partial charge on any atom is -0.493 e. The lowest BCUT2D eigenvalue weighted by atomic mass is 10.1. The molecule has 1 heterocycles. The van der Waals surface area contributed by atoms with Gasteiger partial charge < -0.3 is 14.8 Å². The van der Waals surface area contributed by atoms with Gasteiger partial charge in [0.25, 0.3) is 0 Å². The third-order valence-electron chi connectivity index (χ3n) is 4.86. The average molecular weight is 476 g/mol. The molecular formula is C22H25N3O5S2. The second-order valence-electron chi connectivity index (χ2n) is 7.05. The first-order chi connectivity index (χ1) is 15.2. The van der Waals surface area contributed by atoms with Crippen LogP contribution in [-0.2, 0) is 21.2 Å². The molecule has 3 rings (SSSR count). The van der Waals surface area contributed by atoms with Gasteiger partial charge in [0.2, 0.25) is 15.9 Å². The van der Waals surface area contributed by atoms with Gasteiger partial charge in [-0.3, -0.25) is 9.10 Å². The number of benzene rings is 2. The highest BCUT2D eigenvalue weighted by atomic mass is 32.2. The smallest absolute Gasteiger partial charge is 0.231 e. The van der Waals surface area contributed by atoms with E-state index in [1.54, 1.807) is 38.5 Å². The Hall–Kier alpha value is -3.11. The van der Waals surface area contributed by atoms with Gasteiger partial charge in [0.15, 0.2) is 16.6 Å². The van der Waals surface area contributed by atoms with E-state index in [0.717, 1.165) is 17.4 Å². The molecule has 1 aromatic heterocycles. The number of rotatable bonds is 9. The Labute approximate surface area is 191 Å². The summed E-state index contributed by atoms with van der Waals surface area (Å²) < 4.78 is 35.1. The fourth-order valence-electron chi connectivity index (χ4n) is 2.97. The van der Waals surface area contributed by atoms with Crippen LogP contribution in [0.15, 0.2) is 47.8 Å². The van der Waals surface area contributed by atoms with Crippen molar-refractivity contribution in [3.8, 4) is 22.8 Å². The van der Waals surface area contributed by atoms with E-state index in [-0.39, 0.29) is 5.91 Å².